The molecule has 1 aliphatic rings. The average molecular weight is 274 g/mol. The van der Waals surface area contributed by atoms with Gasteiger partial charge >= 0.3 is 0 Å². The lowest BCUT2D eigenvalue weighted by Gasteiger charge is -2.12. The summed E-state index contributed by atoms with van der Waals surface area (Å²) < 4.78 is 28.8. The zero-order valence-electron chi connectivity index (χ0n) is 10.2. The summed E-state index contributed by atoms with van der Waals surface area (Å²) in [6.07, 6.45) is 3.31. The first-order valence-electron chi connectivity index (χ1n) is 6.00. The fourth-order valence-electron chi connectivity index (χ4n) is 2.31. The highest BCUT2D eigenvalue weighted by atomic mass is 19.2. The standard InChI is InChI=1S/C14H8F2N2O2/c15-11-3-9-13(10(4-17)12(11)16)18(8-1-2-8)5-7(6-19)14(9)20/h3,5-6,8H,1-2H2. The van der Waals surface area contributed by atoms with Crippen LogP contribution in [0.2, 0.25) is 0 Å². The van der Waals surface area contributed by atoms with Crippen LogP contribution in [0.5, 0.6) is 0 Å². The molecule has 1 saturated carbocycles. The lowest BCUT2D eigenvalue weighted by Crippen LogP contribution is -2.16. The predicted molar refractivity (Wildman–Crippen MR) is 66.5 cm³/mol. The van der Waals surface area contributed by atoms with Crippen LogP contribution in [0.1, 0.15) is 34.8 Å². The average Bonchev–Trinajstić information content (AvgIpc) is 3.26. The third-order valence-electron chi connectivity index (χ3n) is 3.41. The number of benzene rings is 1. The van der Waals surface area contributed by atoms with Crippen molar-refractivity contribution in [2.75, 3.05) is 0 Å². The minimum absolute atomic E-state index is 0.00811. The molecule has 1 aliphatic carbocycles. The van der Waals surface area contributed by atoms with Crippen molar-refractivity contribution in [3.63, 3.8) is 0 Å². The Morgan fingerprint density at radius 2 is 2.10 bits per heavy atom. The maximum atomic E-state index is 13.7. The van der Waals surface area contributed by atoms with Gasteiger partial charge in [-0.05, 0) is 18.9 Å². The summed E-state index contributed by atoms with van der Waals surface area (Å²) in [4.78, 5) is 23.0. The summed E-state index contributed by atoms with van der Waals surface area (Å²) in [5.74, 6) is -2.54. The molecule has 1 heterocycles. The second-order valence-electron chi connectivity index (χ2n) is 4.73. The van der Waals surface area contributed by atoms with Gasteiger partial charge in [0.1, 0.15) is 11.6 Å². The van der Waals surface area contributed by atoms with E-state index in [4.69, 9.17) is 5.26 Å². The normalized spacial score (nSPS) is 14.2. The molecular weight excluding hydrogens is 266 g/mol. The van der Waals surface area contributed by atoms with Crippen molar-refractivity contribution in [2.24, 2.45) is 0 Å². The van der Waals surface area contributed by atoms with Crippen molar-refractivity contribution in [3.8, 4) is 6.07 Å². The number of carbonyl (C=O) groups is 1. The number of hydrogen-bond acceptors (Lipinski definition) is 3. The van der Waals surface area contributed by atoms with E-state index in [9.17, 15) is 18.4 Å². The molecule has 3 rings (SSSR count). The third kappa shape index (κ3) is 1.63. The number of fused-ring (bicyclic) bond motifs is 1. The summed E-state index contributed by atoms with van der Waals surface area (Å²) in [7, 11) is 0. The second kappa shape index (κ2) is 4.23. The highest BCUT2D eigenvalue weighted by Gasteiger charge is 2.28. The molecule has 1 aromatic heterocycles. The molecule has 6 heteroatoms. The number of aldehydes is 1. The largest absolute Gasteiger partial charge is 0.342 e. The third-order valence-corrected chi connectivity index (χ3v) is 3.41. The highest BCUT2D eigenvalue weighted by Crippen LogP contribution is 2.38. The Kier molecular flexibility index (Phi) is 2.64. The molecule has 0 unspecified atom stereocenters. The van der Waals surface area contributed by atoms with E-state index in [0.717, 1.165) is 18.9 Å². The summed E-state index contributed by atoms with van der Waals surface area (Å²) in [5, 5.41) is 8.90. The van der Waals surface area contributed by atoms with Gasteiger partial charge < -0.3 is 4.57 Å². The quantitative estimate of drug-likeness (QED) is 0.789. The zero-order valence-corrected chi connectivity index (χ0v) is 10.2. The Morgan fingerprint density at radius 1 is 1.40 bits per heavy atom. The fraction of sp³-hybridized carbons (Fsp3) is 0.214. The van der Waals surface area contributed by atoms with Gasteiger partial charge in [-0.1, -0.05) is 0 Å². The van der Waals surface area contributed by atoms with E-state index in [1.54, 1.807) is 6.07 Å². The number of aromatic nitrogens is 1. The summed E-state index contributed by atoms with van der Waals surface area (Å²) >= 11 is 0. The van der Waals surface area contributed by atoms with Gasteiger partial charge in [-0.2, -0.15) is 5.26 Å². The second-order valence-corrected chi connectivity index (χ2v) is 4.73. The summed E-state index contributed by atoms with van der Waals surface area (Å²) in [6, 6.07) is 2.36. The molecule has 0 bridgehead atoms. The number of rotatable bonds is 2. The molecular formula is C14H8F2N2O2. The van der Waals surface area contributed by atoms with Crippen LogP contribution in [0.15, 0.2) is 17.1 Å². The van der Waals surface area contributed by atoms with Gasteiger partial charge in [0.15, 0.2) is 23.3 Å². The number of hydrogen-bond donors (Lipinski definition) is 0. The van der Waals surface area contributed by atoms with E-state index in [-0.39, 0.29) is 22.5 Å². The monoisotopic (exact) mass is 274 g/mol. The van der Waals surface area contributed by atoms with Crippen LogP contribution in [0.4, 0.5) is 8.78 Å². The van der Waals surface area contributed by atoms with Crippen molar-refractivity contribution in [1.29, 1.82) is 5.26 Å². The van der Waals surface area contributed by atoms with Crippen LogP contribution in [0.3, 0.4) is 0 Å². The van der Waals surface area contributed by atoms with E-state index in [1.165, 1.54) is 10.8 Å². The fourth-order valence-corrected chi connectivity index (χ4v) is 2.31. The topological polar surface area (TPSA) is 62.9 Å². The zero-order chi connectivity index (χ0) is 14.4. The molecule has 1 aromatic carbocycles. The Balaban J connectivity index is 2.57. The van der Waals surface area contributed by atoms with Gasteiger partial charge in [-0.15, -0.1) is 0 Å². The molecule has 0 spiro atoms. The van der Waals surface area contributed by atoms with Crippen LogP contribution >= 0.6 is 0 Å². The van der Waals surface area contributed by atoms with E-state index in [0.29, 0.717) is 6.29 Å². The molecule has 0 saturated heterocycles. The Bertz CT molecular complexity index is 845. The Hall–Kier alpha value is -2.55. The number of nitrogens with zero attached hydrogens (tertiary/aromatic N) is 2. The molecule has 20 heavy (non-hydrogen) atoms. The molecule has 0 atom stereocenters. The number of pyridine rings is 1. The first kappa shape index (κ1) is 12.5. The molecule has 0 radical (unpaired) electrons. The lowest BCUT2D eigenvalue weighted by atomic mass is 10.1. The summed E-state index contributed by atoms with van der Waals surface area (Å²) in [6.45, 7) is 0. The van der Waals surface area contributed by atoms with Crippen LogP contribution in [-0.2, 0) is 0 Å². The minimum atomic E-state index is -1.27. The van der Waals surface area contributed by atoms with Crippen molar-refractivity contribution < 1.29 is 13.6 Å². The van der Waals surface area contributed by atoms with Gasteiger partial charge in [-0.25, -0.2) is 8.78 Å². The van der Waals surface area contributed by atoms with Gasteiger partial charge in [0.2, 0.25) is 0 Å². The maximum absolute atomic E-state index is 13.7. The summed E-state index contributed by atoms with van der Waals surface area (Å²) in [5.41, 5.74) is -1.26. The smallest absolute Gasteiger partial charge is 0.200 e. The minimum Gasteiger partial charge on any atom is -0.342 e. The number of nitriles is 1. The lowest BCUT2D eigenvalue weighted by molar-refractivity contribution is 0.112. The Morgan fingerprint density at radius 3 is 2.65 bits per heavy atom. The van der Waals surface area contributed by atoms with E-state index in [2.05, 4.69) is 0 Å². The van der Waals surface area contributed by atoms with Crippen LogP contribution in [-0.4, -0.2) is 10.9 Å². The molecule has 1 fully saturated rings. The van der Waals surface area contributed by atoms with Crippen molar-refractivity contribution >= 4 is 17.2 Å². The highest BCUT2D eigenvalue weighted by molar-refractivity contribution is 5.89. The van der Waals surface area contributed by atoms with Crippen LogP contribution < -0.4 is 5.43 Å². The van der Waals surface area contributed by atoms with Crippen LogP contribution in [0, 0.1) is 23.0 Å². The first-order chi connectivity index (χ1) is 9.58. The number of carbonyl (C=O) groups excluding carboxylic acids is 1. The van der Waals surface area contributed by atoms with Gasteiger partial charge in [-0.3, -0.25) is 9.59 Å². The SMILES string of the molecule is N#Cc1c(F)c(F)cc2c(=O)c(C=O)cn(C3CC3)c12. The molecule has 0 amide bonds. The van der Waals surface area contributed by atoms with E-state index < -0.39 is 22.6 Å². The Labute approximate surface area is 111 Å². The van der Waals surface area contributed by atoms with Crippen LogP contribution in [0.25, 0.3) is 10.9 Å². The first-order valence-corrected chi connectivity index (χ1v) is 6.00. The molecule has 4 nitrogen and oxygen atoms in total. The van der Waals surface area contributed by atoms with Gasteiger partial charge in [0, 0.05) is 12.2 Å². The molecule has 0 aliphatic heterocycles. The molecule has 2 aromatic rings. The van der Waals surface area contributed by atoms with Gasteiger partial charge in [0.05, 0.1) is 16.5 Å². The van der Waals surface area contributed by atoms with Crippen molar-refractivity contribution in [1.82, 2.24) is 4.57 Å². The van der Waals surface area contributed by atoms with E-state index in [1.807, 2.05) is 0 Å². The molecule has 100 valence electrons. The van der Waals surface area contributed by atoms with Gasteiger partial charge in [0.25, 0.3) is 0 Å². The number of halogens is 2. The molecule has 0 N–H and O–H groups in total. The maximum Gasteiger partial charge on any atom is 0.200 e. The van der Waals surface area contributed by atoms with Crippen molar-refractivity contribution in [2.45, 2.75) is 18.9 Å². The predicted octanol–water partition coefficient (Wildman–Crippen LogP) is 2.30. The van der Waals surface area contributed by atoms with E-state index >= 15 is 0 Å². The van der Waals surface area contributed by atoms with Crippen molar-refractivity contribution in [3.05, 3.63) is 45.2 Å².